The first-order valence-electron chi connectivity index (χ1n) is 7.55. The van der Waals surface area contributed by atoms with Gasteiger partial charge < -0.3 is 0 Å². The Morgan fingerprint density at radius 2 is 0.792 bits per heavy atom. The first-order valence-corrected chi connectivity index (χ1v) is 11.7. The van der Waals surface area contributed by atoms with E-state index in [1.807, 2.05) is 0 Å². The molecule has 0 N–H and O–H groups in total. The molecule has 0 aromatic heterocycles. The van der Waals surface area contributed by atoms with Crippen LogP contribution in [0.2, 0.25) is 0 Å². The fourth-order valence-electron chi connectivity index (χ4n) is 3.09. The maximum absolute atomic E-state index is 15.1. The van der Waals surface area contributed by atoms with Crippen molar-refractivity contribution in [3.63, 3.8) is 0 Å². The van der Waals surface area contributed by atoms with Crippen LogP contribution >= 0.6 is 0 Å². The van der Waals surface area contributed by atoms with Crippen LogP contribution in [-0.4, -0.2) is 13.3 Å². The number of hydrogen-bond acceptors (Lipinski definition) is 0. The summed E-state index contributed by atoms with van der Waals surface area (Å²) in [5, 5.41) is 0. The summed E-state index contributed by atoms with van der Waals surface area (Å²) in [6.07, 6.45) is -2.23. The third-order valence-electron chi connectivity index (χ3n) is 4.12. The molecule has 0 fully saturated rings. The first kappa shape index (κ1) is 16.6. The minimum absolute atomic E-state index is 0.639. The summed E-state index contributed by atoms with van der Waals surface area (Å²) in [7, 11) is 0. The zero-order valence-electron chi connectivity index (χ0n) is 12.8. The number of hydrogen-bond donors (Lipinski definition) is 0. The summed E-state index contributed by atoms with van der Waals surface area (Å²) >= 11 is -4.31. The van der Waals surface area contributed by atoms with Crippen LogP contribution in [0.3, 0.4) is 0 Å². The second-order valence-corrected chi connectivity index (χ2v) is 13.1. The van der Waals surface area contributed by atoms with E-state index in [9.17, 15) is 8.78 Å². The molecule has 3 aromatic rings. The Labute approximate surface area is 141 Å². The predicted octanol–water partition coefficient (Wildman–Crippen LogP) is 3.77. The average Bonchev–Trinajstić information content (AvgIpc) is 2.65. The Balaban J connectivity index is 2.45. The zero-order valence-corrected chi connectivity index (χ0v) is 14.9. The average molecular weight is 385 g/mol. The van der Waals surface area contributed by atoms with E-state index in [-0.39, 0.29) is 0 Å². The summed E-state index contributed by atoms with van der Waals surface area (Å²) in [4.78, 5) is 0. The monoisotopic (exact) mass is 386 g/mol. The molecule has 120 valence electrons. The van der Waals surface area contributed by atoms with Crippen molar-refractivity contribution in [2.24, 2.45) is 0 Å². The summed E-state index contributed by atoms with van der Waals surface area (Å²) in [5.41, 5.74) is 0. The van der Waals surface area contributed by atoms with E-state index in [0.717, 1.165) is 0 Å². The van der Waals surface area contributed by atoms with Crippen LogP contribution in [0.5, 0.6) is 0 Å². The number of benzene rings is 3. The standard InChI is InChI=1S/C20H15F3Ge/c21-19(22)20(23)24(16-10-4-1-5-11-16,17-12-6-2-7-13-17)18-14-8-3-9-15-18/h1-15H. The van der Waals surface area contributed by atoms with Gasteiger partial charge in [-0.15, -0.1) is 0 Å². The minimum atomic E-state index is -4.31. The van der Waals surface area contributed by atoms with Gasteiger partial charge in [-0.3, -0.25) is 0 Å². The molecule has 0 atom stereocenters. The van der Waals surface area contributed by atoms with Gasteiger partial charge in [0.05, 0.1) is 0 Å². The fraction of sp³-hybridized carbons (Fsp3) is 0. The Morgan fingerprint density at radius 3 is 1.04 bits per heavy atom. The molecule has 0 amide bonds. The summed E-state index contributed by atoms with van der Waals surface area (Å²) in [6.45, 7) is 0. The van der Waals surface area contributed by atoms with Crippen LogP contribution in [0.15, 0.2) is 102 Å². The van der Waals surface area contributed by atoms with Gasteiger partial charge in [-0.1, -0.05) is 0 Å². The topological polar surface area (TPSA) is 0 Å². The van der Waals surface area contributed by atoms with Crippen LogP contribution in [0.1, 0.15) is 0 Å². The Hall–Kier alpha value is -2.27. The molecule has 0 nitrogen and oxygen atoms in total. The van der Waals surface area contributed by atoms with Crippen LogP contribution in [-0.2, 0) is 0 Å². The predicted molar refractivity (Wildman–Crippen MR) is 94.3 cm³/mol. The van der Waals surface area contributed by atoms with E-state index in [0.29, 0.717) is 13.2 Å². The number of rotatable bonds is 4. The van der Waals surface area contributed by atoms with Crippen molar-refractivity contribution >= 4 is 26.5 Å². The molecular weight excluding hydrogens is 370 g/mol. The molecule has 0 saturated carbocycles. The molecule has 0 spiro atoms. The third kappa shape index (κ3) is 2.80. The Kier molecular flexibility index (Phi) is 4.90. The van der Waals surface area contributed by atoms with E-state index < -0.39 is 24.0 Å². The third-order valence-corrected chi connectivity index (χ3v) is 13.4. The van der Waals surface area contributed by atoms with Crippen molar-refractivity contribution in [3.05, 3.63) is 102 Å². The van der Waals surface area contributed by atoms with Gasteiger partial charge in [-0.05, 0) is 0 Å². The van der Waals surface area contributed by atoms with Crippen molar-refractivity contribution in [1.82, 2.24) is 0 Å². The van der Waals surface area contributed by atoms with Crippen molar-refractivity contribution in [2.75, 3.05) is 0 Å². The molecular formula is C20H15F3Ge. The first-order chi connectivity index (χ1) is 11.7. The zero-order chi connectivity index (χ0) is 17.0. The van der Waals surface area contributed by atoms with Crippen molar-refractivity contribution in [1.29, 1.82) is 0 Å². The molecule has 0 aliphatic carbocycles. The quantitative estimate of drug-likeness (QED) is 0.600. The van der Waals surface area contributed by atoms with E-state index in [4.69, 9.17) is 0 Å². The summed E-state index contributed by atoms with van der Waals surface area (Å²) in [5.74, 6) is 0. The molecule has 24 heavy (non-hydrogen) atoms. The van der Waals surface area contributed by atoms with Crippen LogP contribution in [0.4, 0.5) is 13.2 Å². The summed E-state index contributed by atoms with van der Waals surface area (Å²) in [6, 6.07) is 26.5. The van der Waals surface area contributed by atoms with Crippen LogP contribution < -0.4 is 13.2 Å². The van der Waals surface area contributed by atoms with Gasteiger partial charge in [-0.2, -0.15) is 0 Å². The summed E-state index contributed by atoms with van der Waals surface area (Å²) < 4.78 is 42.8. The second-order valence-electron chi connectivity index (χ2n) is 5.42. The second kappa shape index (κ2) is 7.09. The fourth-order valence-corrected chi connectivity index (χ4v) is 11.7. The molecule has 0 radical (unpaired) electrons. The van der Waals surface area contributed by atoms with Gasteiger partial charge in [0, 0.05) is 0 Å². The Morgan fingerprint density at radius 1 is 0.500 bits per heavy atom. The molecule has 0 aliphatic rings. The van der Waals surface area contributed by atoms with Crippen molar-refractivity contribution < 1.29 is 13.2 Å². The molecule has 0 heterocycles. The van der Waals surface area contributed by atoms with Crippen LogP contribution in [0, 0.1) is 0 Å². The van der Waals surface area contributed by atoms with E-state index in [1.54, 1.807) is 91.0 Å². The Bertz CT molecular complexity index is 730. The van der Waals surface area contributed by atoms with Gasteiger partial charge in [0.15, 0.2) is 0 Å². The van der Waals surface area contributed by atoms with E-state index in [1.165, 1.54) is 0 Å². The van der Waals surface area contributed by atoms with Gasteiger partial charge in [-0.25, -0.2) is 0 Å². The molecule has 3 rings (SSSR count). The normalized spacial score (nSPS) is 11.1. The van der Waals surface area contributed by atoms with E-state index in [2.05, 4.69) is 0 Å². The van der Waals surface area contributed by atoms with E-state index >= 15 is 4.39 Å². The van der Waals surface area contributed by atoms with Gasteiger partial charge in [0.2, 0.25) is 0 Å². The van der Waals surface area contributed by atoms with Gasteiger partial charge in [0.1, 0.15) is 0 Å². The van der Waals surface area contributed by atoms with Crippen molar-refractivity contribution in [3.8, 4) is 0 Å². The molecule has 0 unspecified atom stereocenters. The van der Waals surface area contributed by atoms with Crippen LogP contribution in [0.25, 0.3) is 0 Å². The molecule has 0 bridgehead atoms. The SMILES string of the molecule is FC(F)=[C](F)[Ge]([c]1ccccc1)([c]1ccccc1)[c]1ccccc1. The van der Waals surface area contributed by atoms with Crippen molar-refractivity contribution in [2.45, 2.75) is 0 Å². The molecule has 3 aromatic carbocycles. The maximum atomic E-state index is 15.1. The van der Waals surface area contributed by atoms with Gasteiger partial charge in [0.25, 0.3) is 0 Å². The molecule has 0 aliphatic heterocycles. The molecule has 4 heteroatoms. The number of halogens is 3. The molecule has 0 saturated heterocycles. The van der Waals surface area contributed by atoms with Gasteiger partial charge >= 0.3 is 141 Å².